The van der Waals surface area contributed by atoms with E-state index in [-0.39, 0.29) is 17.1 Å². The van der Waals surface area contributed by atoms with E-state index in [2.05, 4.69) is 20.3 Å². The van der Waals surface area contributed by atoms with Crippen LogP contribution in [0.2, 0.25) is 0 Å². The Morgan fingerprint density at radius 1 is 1.28 bits per heavy atom. The second-order valence-electron chi connectivity index (χ2n) is 6.52. The summed E-state index contributed by atoms with van der Waals surface area (Å²) in [7, 11) is 0. The smallest absolute Gasteiger partial charge is 0.278 e. The van der Waals surface area contributed by atoms with Gasteiger partial charge in [0.05, 0.1) is 19.5 Å². The summed E-state index contributed by atoms with van der Waals surface area (Å²) in [5.74, 6) is 0.885. The molecule has 4 rings (SSSR count). The highest BCUT2D eigenvalue weighted by Crippen LogP contribution is 2.34. The van der Waals surface area contributed by atoms with E-state index in [0.29, 0.717) is 18.0 Å². The van der Waals surface area contributed by atoms with E-state index < -0.39 is 36.7 Å². The lowest BCUT2D eigenvalue weighted by Crippen LogP contribution is -2.33. The van der Waals surface area contributed by atoms with Crippen LogP contribution in [0.25, 0.3) is 11.2 Å². The lowest BCUT2D eigenvalue weighted by molar-refractivity contribution is -0.0501. The zero-order chi connectivity index (χ0) is 20.5. The van der Waals surface area contributed by atoms with E-state index in [1.807, 2.05) is 6.92 Å². The Kier molecular flexibility index (Phi) is 5.20. The van der Waals surface area contributed by atoms with Crippen LogP contribution in [0.4, 0.5) is 11.6 Å². The average Bonchev–Trinajstić information content (AvgIpc) is 3.22. The SMILES string of the molecule is CCOc1ccc(Nc2nc3c(=O)[nH]cnc3n2[C@@H]2O[C@H](CO)[C@H](O)[C@H]2O)cc1. The Morgan fingerprint density at radius 3 is 2.69 bits per heavy atom. The van der Waals surface area contributed by atoms with Gasteiger partial charge in [-0.05, 0) is 31.2 Å². The Hall–Kier alpha value is -2.99. The van der Waals surface area contributed by atoms with Crippen LogP contribution >= 0.6 is 0 Å². The van der Waals surface area contributed by atoms with Crippen molar-refractivity contribution in [2.24, 2.45) is 0 Å². The monoisotopic (exact) mass is 403 g/mol. The van der Waals surface area contributed by atoms with Crippen LogP contribution < -0.4 is 15.6 Å². The first-order valence-electron chi connectivity index (χ1n) is 9.11. The van der Waals surface area contributed by atoms with Crippen LogP contribution in [0.15, 0.2) is 35.4 Å². The Morgan fingerprint density at radius 2 is 2.03 bits per heavy atom. The number of H-pyrrole nitrogens is 1. The molecule has 1 saturated heterocycles. The molecule has 1 aromatic carbocycles. The van der Waals surface area contributed by atoms with Crippen molar-refractivity contribution in [2.45, 2.75) is 31.5 Å². The third-order valence-electron chi connectivity index (χ3n) is 4.68. The number of aromatic nitrogens is 4. The number of aliphatic hydroxyl groups is 3. The van der Waals surface area contributed by atoms with Crippen molar-refractivity contribution in [3.05, 3.63) is 40.9 Å². The first kappa shape index (κ1) is 19.3. The Balaban J connectivity index is 1.76. The van der Waals surface area contributed by atoms with Crippen LogP contribution in [0.3, 0.4) is 0 Å². The standard InChI is InChI=1S/C18H21N5O6/c1-2-28-10-5-3-9(4-6-10)21-18-22-12-15(19-8-20-16(12)27)23(18)17-14(26)13(25)11(7-24)29-17/h3-6,8,11,13-14,17,24-26H,2,7H2,1H3,(H,21,22)(H,19,20,27)/t11-,13+,14-,17-/m1/s1. The molecule has 29 heavy (non-hydrogen) atoms. The van der Waals surface area contributed by atoms with Gasteiger partial charge in [-0.25, -0.2) is 9.97 Å². The number of rotatable bonds is 6. The van der Waals surface area contributed by atoms with Crippen molar-refractivity contribution in [3.8, 4) is 5.75 Å². The average molecular weight is 403 g/mol. The summed E-state index contributed by atoms with van der Waals surface area (Å²) in [6.45, 7) is 1.96. The number of aliphatic hydroxyl groups excluding tert-OH is 3. The number of imidazole rings is 1. The molecule has 4 atom stereocenters. The Bertz CT molecular complexity index is 1050. The topological polar surface area (TPSA) is 155 Å². The molecule has 0 unspecified atom stereocenters. The fourth-order valence-corrected chi connectivity index (χ4v) is 3.27. The number of anilines is 2. The van der Waals surface area contributed by atoms with E-state index in [1.54, 1.807) is 24.3 Å². The highest BCUT2D eigenvalue weighted by atomic mass is 16.6. The minimum absolute atomic E-state index is 0.0404. The van der Waals surface area contributed by atoms with E-state index in [9.17, 15) is 20.1 Å². The predicted molar refractivity (Wildman–Crippen MR) is 102 cm³/mol. The molecule has 0 bridgehead atoms. The maximum atomic E-state index is 12.2. The molecule has 3 aromatic rings. The van der Waals surface area contributed by atoms with Crippen LogP contribution in [0, 0.1) is 0 Å². The lowest BCUT2D eigenvalue weighted by Gasteiger charge is -2.19. The van der Waals surface area contributed by atoms with Crippen molar-refractivity contribution < 1.29 is 24.8 Å². The van der Waals surface area contributed by atoms with Gasteiger partial charge in [-0.15, -0.1) is 0 Å². The highest BCUT2D eigenvalue weighted by molar-refractivity contribution is 5.75. The van der Waals surface area contributed by atoms with Crippen LogP contribution in [-0.4, -0.2) is 66.4 Å². The summed E-state index contributed by atoms with van der Waals surface area (Å²) >= 11 is 0. The number of ether oxygens (including phenoxy) is 2. The predicted octanol–water partition coefficient (Wildman–Crippen LogP) is -0.127. The van der Waals surface area contributed by atoms with Gasteiger partial charge < -0.3 is 35.1 Å². The van der Waals surface area contributed by atoms with Gasteiger partial charge in [0.1, 0.15) is 24.1 Å². The normalized spacial score (nSPS) is 24.1. The highest BCUT2D eigenvalue weighted by Gasteiger charge is 2.45. The maximum Gasteiger partial charge on any atom is 0.278 e. The lowest BCUT2D eigenvalue weighted by atomic mass is 10.1. The van der Waals surface area contributed by atoms with Gasteiger partial charge in [0, 0.05) is 5.69 Å². The summed E-state index contributed by atoms with van der Waals surface area (Å²) < 4.78 is 12.4. The molecule has 0 radical (unpaired) electrons. The fraction of sp³-hybridized carbons (Fsp3) is 0.389. The van der Waals surface area contributed by atoms with E-state index in [1.165, 1.54) is 10.9 Å². The first-order chi connectivity index (χ1) is 14.0. The van der Waals surface area contributed by atoms with Crippen LogP contribution in [0.1, 0.15) is 13.2 Å². The molecule has 11 nitrogen and oxygen atoms in total. The number of aromatic amines is 1. The van der Waals surface area contributed by atoms with Gasteiger partial charge in [-0.1, -0.05) is 0 Å². The first-order valence-corrected chi connectivity index (χ1v) is 9.11. The summed E-state index contributed by atoms with van der Waals surface area (Å²) in [5.41, 5.74) is 0.388. The largest absolute Gasteiger partial charge is 0.494 e. The van der Waals surface area contributed by atoms with Crippen molar-refractivity contribution in [1.29, 1.82) is 0 Å². The number of hydrogen-bond donors (Lipinski definition) is 5. The van der Waals surface area contributed by atoms with E-state index in [0.717, 1.165) is 0 Å². The Labute approximate surface area is 164 Å². The maximum absolute atomic E-state index is 12.2. The molecule has 1 aliphatic heterocycles. The molecule has 154 valence electrons. The molecule has 0 saturated carbocycles. The minimum atomic E-state index is -1.36. The second kappa shape index (κ2) is 7.79. The zero-order valence-corrected chi connectivity index (χ0v) is 15.5. The molecule has 2 aromatic heterocycles. The quantitative estimate of drug-likeness (QED) is 0.379. The summed E-state index contributed by atoms with van der Waals surface area (Å²) in [4.78, 5) is 23.1. The van der Waals surface area contributed by atoms with E-state index in [4.69, 9.17) is 9.47 Å². The van der Waals surface area contributed by atoms with Crippen molar-refractivity contribution in [2.75, 3.05) is 18.5 Å². The van der Waals surface area contributed by atoms with Crippen LogP contribution in [0.5, 0.6) is 5.75 Å². The molecule has 11 heteroatoms. The number of nitrogens with zero attached hydrogens (tertiary/aromatic N) is 3. The van der Waals surface area contributed by atoms with Gasteiger partial charge in [0.15, 0.2) is 17.4 Å². The third kappa shape index (κ3) is 3.44. The number of hydrogen-bond acceptors (Lipinski definition) is 9. The fourth-order valence-electron chi connectivity index (χ4n) is 3.27. The minimum Gasteiger partial charge on any atom is -0.494 e. The van der Waals surface area contributed by atoms with Crippen molar-refractivity contribution in [3.63, 3.8) is 0 Å². The molecule has 0 spiro atoms. The van der Waals surface area contributed by atoms with Gasteiger partial charge in [-0.3, -0.25) is 9.36 Å². The van der Waals surface area contributed by atoms with Crippen molar-refractivity contribution in [1.82, 2.24) is 19.5 Å². The molecule has 1 aliphatic rings. The van der Waals surface area contributed by atoms with Gasteiger partial charge >= 0.3 is 0 Å². The summed E-state index contributed by atoms with van der Waals surface area (Å²) in [5, 5.41) is 33.0. The molecule has 0 amide bonds. The van der Waals surface area contributed by atoms with Gasteiger partial charge in [-0.2, -0.15) is 0 Å². The zero-order valence-electron chi connectivity index (χ0n) is 15.5. The third-order valence-corrected chi connectivity index (χ3v) is 4.68. The summed E-state index contributed by atoms with van der Waals surface area (Å²) in [6, 6.07) is 7.08. The van der Waals surface area contributed by atoms with Crippen LogP contribution in [-0.2, 0) is 4.74 Å². The second-order valence-corrected chi connectivity index (χ2v) is 6.52. The summed E-state index contributed by atoms with van der Waals surface area (Å²) in [6.07, 6.45) is -3.53. The molecule has 5 N–H and O–H groups in total. The molecule has 0 aliphatic carbocycles. The number of benzene rings is 1. The van der Waals surface area contributed by atoms with Crippen molar-refractivity contribution >= 4 is 22.8 Å². The molecular formula is C18H21N5O6. The molecule has 3 heterocycles. The van der Waals surface area contributed by atoms with Gasteiger partial charge in [0.25, 0.3) is 5.56 Å². The molecular weight excluding hydrogens is 382 g/mol. The number of fused-ring (bicyclic) bond motifs is 1. The molecule has 1 fully saturated rings. The number of nitrogens with one attached hydrogen (secondary N) is 2. The van der Waals surface area contributed by atoms with Gasteiger partial charge in [0.2, 0.25) is 5.95 Å². The van der Waals surface area contributed by atoms with E-state index >= 15 is 0 Å².